The van der Waals surface area contributed by atoms with E-state index in [4.69, 9.17) is 14.2 Å². The molecule has 1 heterocycles. The molecule has 2 fully saturated rings. The summed E-state index contributed by atoms with van der Waals surface area (Å²) in [5.41, 5.74) is 0.400. The fourth-order valence-corrected chi connectivity index (χ4v) is 4.91. The molecular weight excluding hydrogens is 507 g/mol. The van der Waals surface area contributed by atoms with Gasteiger partial charge in [-0.1, -0.05) is 13.8 Å². The summed E-state index contributed by atoms with van der Waals surface area (Å²) < 4.78 is 34.2. The zero-order valence-electron chi connectivity index (χ0n) is 24.0. The third-order valence-electron chi connectivity index (χ3n) is 8.01. The summed E-state index contributed by atoms with van der Waals surface area (Å²) in [4.78, 5) is 10.7. The Morgan fingerprint density at radius 2 is 1.51 bits per heavy atom. The highest BCUT2D eigenvalue weighted by Crippen LogP contribution is 2.50. The normalized spacial score (nSPS) is 18.5. The van der Waals surface area contributed by atoms with E-state index in [2.05, 4.69) is 18.4 Å². The molecule has 0 atom stereocenters. The van der Waals surface area contributed by atoms with Gasteiger partial charge in [0.25, 0.3) is 0 Å². The molecule has 1 aromatic carbocycles. The number of nitro benzene ring substituents is 1. The molecule has 218 valence electrons. The van der Waals surface area contributed by atoms with E-state index in [1.54, 1.807) is 27.7 Å². The van der Waals surface area contributed by atoms with Gasteiger partial charge in [-0.3, -0.25) is 10.1 Å². The van der Waals surface area contributed by atoms with Crippen molar-refractivity contribution in [3.8, 4) is 0 Å². The van der Waals surface area contributed by atoms with Gasteiger partial charge in [-0.15, -0.1) is 0 Å². The van der Waals surface area contributed by atoms with Gasteiger partial charge in [0.15, 0.2) is 11.6 Å². The summed E-state index contributed by atoms with van der Waals surface area (Å²) >= 11 is 0. The zero-order chi connectivity index (χ0) is 28.9. The van der Waals surface area contributed by atoms with Gasteiger partial charge in [-0.25, -0.2) is 0 Å². The van der Waals surface area contributed by atoms with Crippen molar-refractivity contribution in [1.82, 2.24) is 4.57 Å². The maximum atomic E-state index is 14.8. The number of nitrogens with zero attached hydrogens (tertiary/aromatic N) is 2. The smallest absolute Gasteiger partial charge is 0.305 e. The van der Waals surface area contributed by atoms with Crippen molar-refractivity contribution in [1.29, 1.82) is 0 Å². The molecule has 0 spiro atoms. The Kier molecular flexibility index (Phi) is 7.94. The van der Waals surface area contributed by atoms with Crippen molar-refractivity contribution in [2.24, 2.45) is 10.8 Å². The van der Waals surface area contributed by atoms with Gasteiger partial charge >= 0.3 is 5.69 Å². The first kappa shape index (κ1) is 29.9. The van der Waals surface area contributed by atoms with Crippen LogP contribution in [-0.4, -0.2) is 57.7 Å². The Balaban J connectivity index is 1.53. The van der Waals surface area contributed by atoms with Crippen LogP contribution in [0.5, 0.6) is 0 Å². The second kappa shape index (κ2) is 10.4. The van der Waals surface area contributed by atoms with Gasteiger partial charge in [0.1, 0.15) is 0 Å². The van der Waals surface area contributed by atoms with Crippen molar-refractivity contribution in [2.75, 3.05) is 26.4 Å². The maximum absolute atomic E-state index is 14.8. The number of nitro groups is 1. The Hall–Kier alpha value is -2.11. The molecule has 1 aromatic heterocycles. The molecule has 2 aliphatic rings. The highest BCUT2D eigenvalue weighted by atomic mass is 19.1. The summed E-state index contributed by atoms with van der Waals surface area (Å²) in [6.07, 6.45) is 4.51. The van der Waals surface area contributed by atoms with E-state index in [1.165, 1.54) is 12.1 Å². The topological polar surface area (TPSA) is 116 Å². The standard InChI is InChI=1S/C29H43FN2O7/c1-25(2,11-12-37-17-29(9-10-29)19-39-27(5,6)34)24-14-20-13-23(32(35)36)21(30)15-22(20)31(24)16-28(7-8-28)18-38-26(3,4)33/h13-15,33-34H,7-12,16-19H2,1-6H3. The van der Waals surface area contributed by atoms with Crippen LogP contribution in [-0.2, 0) is 26.2 Å². The molecular formula is C29H43FN2O7. The molecule has 0 aliphatic heterocycles. The fourth-order valence-electron chi connectivity index (χ4n) is 4.91. The van der Waals surface area contributed by atoms with Gasteiger partial charge in [0.05, 0.1) is 30.3 Å². The predicted molar refractivity (Wildman–Crippen MR) is 145 cm³/mol. The lowest BCUT2D eigenvalue weighted by molar-refractivity contribution is -0.387. The van der Waals surface area contributed by atoms with E-state index >= 15 is 0 Å². The summed E-state index contributed by atoms with van der Waals surface area (Å²) in [5, 5.41) is 32.0. The summed E-state index contributed by atoms with van der Waals surface area (Å²) in [6.45, 7) is 13.1. The minimum absolute atomic E-state index is 0.0473. The second-order valence-electron chi connectivity index (χ2n) is 13.4. The lowest BCUT2D eigenvalue weighted by Crippen LogP contribution is -2.31. The van der Waals surface area contributed by atoms with Crippen LogP contribution in [0.15, 0.2) is 18.2 Å². The van der Waals surface area contributed by atoms with E-state index in [9.17, 15) is 24.7 Å². The number of ether oxygens (including phenoxy) is 3. The Labute approximate surface area is 229 Å². The molecule has 2 saturated carbocycles. The molecule has 2 N–H and O–H groups in total. The van der Waals surface area contributed by atoms with E-state index in [0.717, 1.165) is 31.4 Å². The average Bonchev–Trinajstić information content (AvgIpc) is 3.72. The van der Waals surface area contributed by atoms with Crippen molar-refractivity contribution < 1.29 is 33.7 Å². The molecule has 0 bridgehead atoms. The third kappa shape index (κ3) is 7.55. The predicted octanol–water partition coefficient (Wildman–Crippen LogP) is 5.42. The molecule has 0 unspecified atom stereocenters. The lowest BCUT2D eigenvalue weighted by atomic mass is 9.85. The van der Waals surface area contributed by atoms with E-state index < -0.39 is 28.0 Å². The number of benzene rings is 1. The van der Waals surface area contributed by atoms with Crippen LogP contribution < -0.4 is 0 Å². The summed E-state index contributed by atoms with van der Waals surface area (Å²) in [7, 11) is 0. The monoisotopic (exact) mass is 550 g/mol. The first-order valence-electron chi connectivity index (χ1n) is 13.7. The van der Waals surface area contributed by atoms with E-state index in [-0.39, 0.29) is 16.2 Å². The van der Waals surface area contributed by atoms with Gasteiger partial charge < -0.3 is 29.0 Å². The fraction of sp³-hybridized carbons (Fsp3) is 0.724. The average molecular weight is 551 g/mol. The Bertz CT molecular complexity index is 1200. The largest absolute Gasteiger partial charge is 0.381 e. The van der Waals surface area contributed by atoms with Crippen LogP contribution in [0.4, 0.5) is 10.1 Å². The van der Waals surface area contributed by atoms with Gasteiger partial charge in [-0.2, -0.15) is 4.39 Å². The molecule has 0 saturated heterocycles. The van der Waals surface area contributed by atoms with Gasteiger partial charge in [0.2, 0.25) is 5.82 Å². The van der Waals surface area contributed by atoms with Crippen molar-refractivity contribution in [3.05, 3.63) is 39.8 Å². The van der Waals surface area contributed by atoms with E-state index in [1.807, 2.05) is 6.07 Å². The van der Waals surface area contributed by atoms with Crippen LogP contribution in [0.1, 0.15) is 79.3 Å². The molecule has 2 aromatic rings. The quantitative estimate of drug-likeness (QED) is 0.132. The van der Waals surface area contributed by atoms with Crippen LogP contribution in [0.25, 0.3) is 10.9 Å². The minimum Gasteiger partial charge on any atom is -0.381 e. The number of aliphatic hydroxyl groups is 2. The molecule has 39 heavy (non-hydrogen) atoms. The van der Waals surface area contributed by atoms with Crippen molar-refractivity contribution in [3.63, 3.8) is 0 Å². The number of aromatic nitrogens is 1. The van der Waals surface area contributed by atoms with Crippen molar-refractivity contribution >= 4 is 16.6 Å². The molecule has 2 aliphatic carbocycles. The zero-order valence-corrected chi connectivity index (χ0v) is 24.0. The number of hydrogen-bond donors (Lipinski definition) is 2. The Morgan fingerprint density at radius 3 is 2.03 bits per heavy atom. The highest BCUT2D eigenvalue weighted by molar-refractivity contribution is 5.84. The Morgan fingerprint density at radius 1 is 0.949 bits per heavy atom. The van der Waals surface area contributed by atoms with E-state index in [0.29, 0.717) is 50.3 Å². The summed E-state index contributed by atoms with van der Waals surface area (Å²) in [5.74, 6) is -3.28. The lowest BCUT2D eigenvalue weighted by Gasteiger charge is -2.30. The molecule has 4 rings (SSSR count). The van der Waals surface area contributed by atoms with Crippen LogP contribution in [0, 0.1) is 26.8 Å². The summed E-state index contributed by atoms with van der Waals surface area (Å²) in [6, 6.07) is 4.49. The maximum Gasteiger partial charge on any atom is 0.305 e. The number of hydrogen-bond acceptors (Lipinski definition) is 7. The first-order chi connectivity index (χ1) is 17.9. The SMILES string of the molecule is CC(C)(O)OCC1(COCCC(C)(C)c2cc3cc([N+](=O)[O-])c(F)cc3n2CC2(COC(C)(C)O)CC2)CC1. The van der Waals surface area contributed by atoms with Gasteiger partial charge in [-0.05, 0) is 65.9 Å². The molecule has 10 heteroatoms. The van der Waals surface area contributed by atoms with Gasteiger partial charge in [0, 0.05) is 52.6 Å². The third-order valence-corrected chi connectivity index (χ3v) is 8.01. The highest BCUT2D eigenvalue weighted by Gasteiger charge is 2.46. The molecule has 9 nitrogen and oxygen atoms in total. The number of halogens is 1. The van der Waals surface area contributed by atoms with Crippen molar-refractivity contribution in [2.45, 2.75) is 97.2 Å². The first-order valence-corrected chi connectivity index (χ1v) is 13.7. The minimum atomic E-state index is -1.25. The molecule has 0 radical (unpaired) electrons. The molecule has 0 amide bonds. The van der Waals surface area contributed by atoms with Crippen LogP contribution in [0.2, 0.25) is 0 Å². The van der Waals surface area contributed by atoms with Crippen LogP contribution >= 0.6 is 0 Å². The number of fused-ring (bicyclic) bond motifs is 1. The number of rotatable bonds is 15. The van der Waals surface area contributed by atoms with Crippen LogP contribution in [0.3, 0.4) is 0 Å². The second-order valence-corrected chi connectivity index (χ2v) is 13.4.